The summed E-state index contributed by atoms with van der Waals surface area (Å²) in [6.07, 6.45) is 4.81. The largest absolute Gasteiger partial charge is 0.393 e. The number of aliphatic hydroxyl groups excluding tert-OH is 1. The molecule has 0 spiro atoms. The van der Waals surface area contributed by atoms with Gasteiger partial charge in [-0.2, -0.15) is 0 Å². The van der Waals surface area contributed by atoms with E-state index in [-0.39, 0.29) is 6.10 Å². The lowest BCUT2D eigenvalue weighted by Gasteiger charge is -2.37. The number of ether oxygens (including phenoxy) is 1. The maximum absolute atomic E-state index is 9.46. The predicted octanol–water partition coefficient (Wildman–Crippen LogP) is 1.65. The highest BCUT2D eigenvalue weighted by Crippen LogP contribution is 2.21. The Hall–Kier alpha value is -0.120. The Labute approximate surface area is 93.4 Å². The highest BCUT2D eigenvalue weighted by atomic mass is 16.5. The molecule has 1 saturated heterocycles. The minimum Gasteiger partial charge on any atom is -0.393 e. The third-order valence-electron chi connectivity index (χ3n) is 3.26. The maximum Gasteiger partial charge on any atom is 0.0670 e. The summed E-state index contributed by atoms with van der Waals surface area (Å²) in [5.74, 6) is 0. The molecule has 3 nitrogen and oxygen atoms in total. The van der Waals surface area contributed by atoms with Gasteiger partial charge in [-0.15, -0.1) is 0 Å². The van der Waals surface area contributed by atoms with E-state index in [4.69, 9.17) is 4.74 Å². The number of rotatable bonds is 5. The Morgan fingerprint density at radius 1 is 1.40 bits per heavy atom. The van der Waals surface area contributed by atoms with E-state index in [2.05, 4.69) is 11.8 Å². The summed E-state index contributed by atoms with van der Waals surface area (Å²) in [6.45, 7) is 6.14. The van der Waals surface area contributed by atoms with Crippen molar-refractivity contribution >= 4 is 0 Å². The molecule has 0 aromatic heterocycles. The molecule has 15 heavy (non-hydrogen) atoms. The quantitative estimate of drug-likeness (QED) is 0.757. The van der Waals surface area contributed by atoms with Gasteiger partial charge < -0.3 is 9.84 Å². The molecule has 1 N–H and O–H groups in total. The van der Waals surface area contributed by atoms with Crippen molar-refractivity contribution in [2.24, 2.45) is 0 Å². The van der Waals surface area contributed by atoms with Gasteiger partial charge in [0, 0.05) is 19.7 Å². The second-order valence-corrected chi connectivity index (χ2v) is 4.78. The van der Waals surface area contributed by atoms with Gasteiger partial charge in [0.2, 0.25) is 0 Å². The number of hydrogen-bond donors (Lipinski definition) is 1. The summed E-state index contributed by atoms with van der Waals surface area (Å²) in [6, 6.07) is 0.552. The zero-order chi connectivity index (χ0) is 11.3. The number of hydrogen-bond acceptors (Lipinski definition) is 3. The standard InChI is InChI=1S/C12H25NO2/c1-10(14)8-12-6-4-5-7-13(12)9-11(2)15-3/h10-12,14H,4-9H2,1-3H3. The van der Waals surface area contributed by atoms with Crippen molar-refractivity contribution in [2.75, 3.05) is 20.2 Å². The molecule has 3 atom stereocenters. The topological polar surface area (TPSA) is 32.7 Å². The highest BCUT2D eigenvalue weighted by Gasteiger charge is 2.24. The van der Waals surface area contributed by atoms with Gasteiger partial charge in [0.1, 0.15) is 0 Å². The van der Waals surface area contributed by atoms with Crippen LogP contribution in [0.4, 0.5) is 0 Å². The minimum atomic E-state index is -0.187. The number of aliphatic hydroxyl groups is 1. The average Bonchev–Trinajstić information content (AvgIpc) is 2.20. The number of piperidine rings is 1. The summed E-state index contributed by atoms with van der Waals surface area (Å²) in [5.41, 5.74) is 0. The molecule has 1 rings (SSSR count). The molecule has 90 valence electrons. The SMILES string of the molecule is COC(C)CN1CCCCC1CC(C)O. The second-order valence-electron chi connectivity index (χ2n) is 4.78. The fourth-order valence-electron chi connectivity index (χ4n) is 2.37. The van der Waals surface area contributed by atoms with Crippen LogP contribution in [0, 0.1) is 0 Å². The first-order valence-corrected chi connectivity index (χ1v) is 6.08. The van der Waals surface area contributed by atoms with E-state index < -0.39 is 0 Å². The van der Waals surface area contributed by atoms with E-state index in [9.17, 15) is 5.11 Å². The van der Waals surface area contributed by atoms with Gasteiger partial charge in [-0.25, -0.2) is 0 Å². The van der Waals surface area contributed by atoms with Gasteiger partial charge >= 0.3 is 0 Å². The normalized spacial score (nSPS) is 27.6. The van der Waals surface area contributed by atoms with Gasteiger partial charge in [-0.3, -0.25) is 4.90 Å². The average molecular weight is 215 g/mol. The molecule has 3 heteroatoms. The van der Waals surface area contributed by atoms with Crippen molar-refractivity contribution in [1.29, 1.82) is 0 Å². The predicted molar refractivity (Wildman–Crippen MR) is 62.0 cm³/mol. The van der Waals surface area contributed by atoms with Crippen LogP contribution in [-0.4, -0.2) is 48.5 Å². The lowest BCUT2D eigenvalue weighted by atomic mass is 9.97. The fraction of sp³-hybridized carbons (Fsp3) is 1.00. The van der Waals surface area contributed by atoms with Crippen LogP contribution in [0.15, 0.2) is 0 Å². The highest BCUT2D eigenvalue weighted by molar-refractivity contribution is 4.79. The van der Waals surface area contributed by atoms with Crippen LogP contribution in [0.25, 0.3) is 0 Å². The second kappa shape index (κ2) is 6.46. The Morgan fingerprint density at radius 2 is 2.13 bits per heavy atom. The Morgan fingerprint density at radius 3 is 2.73 bits per heavy atom. The van der Waals surface area contributed by atoms with Gasteiger partial charge in [-0.1, -0.05) is 6.42 Å². The van der Waals surface area contributed by atoms with Crippen LogP contribution in [0.3, 0.4) is 0 Å². The van der Waals surface area contributed by atoms with E-state index in [1.807, 2.05) is 6.92 Å². The van der Waals surface area contributed by atoms with Crippen molar-refractivity contribution in [3.05, 3.63) is 0 Å². The Balaban J connectivity index is 2.42. The summed E-state index contributed by atoms with van der Waals surface area (Å²) in [4.78, 5) is 2.48. The van der Waals surface area contributed by atoms with Gasteiger partial charge in [0.15, 0.2) is 0 Å². The summed E-state index contributed by atoms with van der Waals surface area (Å²) in [5, 5.41) is 9.46. The number of methoxy groups -OCH3 is 1. The van der Waals surface area contributed by atoms with E-state index in [0.29, 0.717) is 12.1 Å². The van der Waals surface area contributed by atoms with Gasteiger partial charge in [0.25, 0.3) is 0 Å². The molecule has 0 bridgehead atoms. The first-order valence-electron chi connectivity index (χ1n) is 6.08. The van der Waals surface area contributed by atoms with E-state index in [0.717, 1.165) is 19.5 Å². The molecule has 0 amide bonds. The van der Waals surface area contributed by atoms with E-state index >= 15 is 0 Å². The Kier molecular flexibility index (Phi) is 5.58. The molecule has 1 heterocycles. The zero-order valence-corrected chi connectivity index (χ0v) is 10.3. The van der Waals surface area contributed by atoms with Crippen molar-refractivity contribution in [1.82, 2.24) is 4.90 Å². The van der Waals surface area contributed by atoms with Crippen LogP contribution in [0.5, 0.6) is 0 Å². The Bertz CT molecular complexity index is 173. The lowest BCUT2D eigenvalue weighted by molar-refractivity contribution is 0.0302. The molecular weight excluding hydrogens is 190 g/mol. The van der Waals surface area contributed by atoms with Crippen molar-refractivity contribution in [3.63, 3.8) is 0 Å². The smallest absolute Gasteiger partial charge is 0.0670 e. The third kappa shape index (κ3) is 4.49. The van der Waals surface area contributed by atoms with Crippen LogP contribution in [0.1, 0.15) is 39.5 Å². The van der Waals surface area contributed by atoms with Gasteiger partial charge in [-0.05, 0) is 39.7 Å². The van der Waals surface area contributed by atoms with Crippen molar-refractivity contribution < 1.29 is 9.84 Å². The van der Waals surface area contributed by atoms with E-state index in [1.54, 1.807) is 7.11 Å². The summed E-state index contributed by atoms with van der Waals surface area (Å²) < 4.78 is 5.30. The summed E-state index contributed by atoms with van der Waals surface area (Å²) in [7, 11) is 1.76. The molecule has 0 aromatic carbocycles. The molecule has 0 radical (unpaired) electrons. The van der Waals surface area contributed by atoms with Crippen molar-refractivity contribution in [3.8, 4) is 0 Å². The molecule has 0 saturated carbocycles. The monoisotopic (exact) mass is 215 g/mol. The van der Waals surface area contributed by atoms with E-state index in [1.165, 1.54) is 19.3 Å². The molecular formula is C12H25NO2. The maximum atomic E-state index is 9.46. The fourth-order valence-corrected chi connectivity index (χ4v) is 2.37. The van der Waals surface area contributed by atoms with Crippen LogP contribution >= 0.6 is 0 Å². The van der Waals surface area contributed by atoms with Crippen LogP contribution < -0.4 is 0 Å². The number of likely N-dealkylation sites (tertiary alicyclic amines) is 1. The molecule has 1 aliphatic heterocycles. The molecule has 0 aliphatic carbocycles. The van der Waals surface area contributed by atoms with Crippen LogP contribution in [-0.2, 0) is 4.74 Å². The molecule has 3 unspecified atom stereocenters. The first kappa shape index (κ1) is 12.9. The third-order valence-corrected chi connectivity index (χ3v) is 3.26. The van der Waals surface area contributed by atoms with Crippen molar-refractivity contribution in [2.45, 2.75) is 57.8 Å². The molecule has 1 fully saturated rings. The first-order chi connectivity index (χ1) is 7.13. The number of nitrogens with zero attached hydrogens (tertiary/aromatic N) is 1. The molecule has 0 aromatic rings. The lowest BCUT2D eigenvalue weighted by Crippen LogP contribution is -2.44. The minimum absolute atomic E-state index is 0.187. The molecule has 1 aliphatic rings. The van der Waals surface area contributed by atoms with Crippen LogP contribution in [0.2, 0.25) is 0 Å². The zero-order valence-electron chi connectivity index (χ0n) is 10.3. The summed E-state index contributed by atoms with van der Waals surface area (Å²) >= 11 is 0. The van der Waals surface area contributed by atoms with Gasteiger partial charge in [0.05, 0.1) is 12.2 Å².